The fourth-order valence-electron chi connectivity index (χ4n) is 9.94. The molecule has 1 aliphatic heterocycles. The zero-order valence-electron chi connectivity index (χ0n) is 46.4. The van der Waals surface area contributed by atoms with Crippen LogP contribution in [0, 0.1) is 0 Å². The van der Waals surface area contributed by atoms with Crippen molar-refractivity contribution in [2.45, 2.75) is 245 Å². The zero-order valence-corrected chi connectivity index (χ0v) is 46.4. The number of aliphatic hydroxyl groups excluding tert-OH is 3. The monoisotopic (exact) mass is 1000 g/mol. The first-order valence-electron chi connectivity index (χ1n) is 29.9. The maximum absolute atomic E-state index is 13.5. The van der Waals surface area contributed by atoms with Gasteiger partial charge in [-0.2, -0.15) is 15.0 Å². The minimum absolute atomic E-state index is 0.0742. The molecule has 14 heteroatoms. The van der Waals surface area contributed by atoms with Crippen LogP contribution in [0.1, 0.15) is 239 Å². The van der Waals surface area contributed by atoms with Gasteiger partial charge in [-0.05, 0) is 25.7 Å². The second kappa shape index (κ2) is 46.2. The van der Waals surface area contributed by atoms with E-state index in [9.17, 15) is 20.1 Å². The summed E-state index contributed by atoms with van der Waals surface area (Å²) < 4.78 is 11.9. The predicted molar refractivity (Wildman–Crippen MR) is 297 cm³/mol. The number of hydrogen-bond donors (Lipinski definition) is 5. The number of nitrogens with zero attached hydrogens (tertiary/aromatic N) is 6. The van der Waals surface area contributed by atoms with Gasteiger partial charge in [0.1, 0.15) is 0 Å². The number of carbonyl (C=O) groups excluding carboxylic acids is 1. The Balaban J connectivity index is 1.89. The summed E-state index contributed by atoms with van der Waals surface area (Å²) in [7, 11) is 0. The quantitative estimate of drug-likeness (QED) is 0.0391. The molecule has 0 spiro atoms. The van der Waals surface area contributed by atoms with Crippen molar-refractivity contribution in [1.82, 2.24) is 25.2 Å². The van der Waals surface area contributed by atoms with Gasteiger partial charge in [-0.3, -0.25) is 9.69 Å². The van der Waals surface area contributed by atoms with Crippen molar-refractivity contribution in [2.24, 2.45) is 0 Å². The minimum Gasteiger partial charge on any atom is -0.395 e. The third-order valence-corrected chi connectivity index (χ3v) is 14.6. The molecular weight excluding hydrogens is 893 g/mol. The van der Waals surface area contributed by atoms with E-state index in [-0.39, 0.29) is 44.4 Å². The SMILES string of the molecule is CCCCCCCCCCCCCCCCCCNc1nc(N(CCO)CCO)nc(N(CCO)CCOCCC(CC)(CCCCCCCCCCCCCCCCC)NC(=O)CN2CCOCC2)n1. The molecule has 0 aliphatic carbocycles. The number of aliphatic hydroxyl groups is 3. The number of hydrogen-bond acceptors (Lipinski definition) is 13. The normalized spacial score (nSPS) is 13.9. The maximum atomic E-state index is 13.5. The molecule has 1 aromatic heterocycles. The molecular formula is C57H112N8O6. The maximum Gasteiger partial charge on any atom is 0.234 e. The average Bonchev–Trinajstić information content (AvgIpc) is 3.38. The summed E-state index contributed by atoms with van der Waals surface area (Å²) in [5, 5.41) is 36.7. The molecule has 0 aromatic carbocycles. The number of aromatic nitrogens is 3. The van der Waals surface area contributed by atoms with Crippen LogP contribution in [-0.2, 0) is 14.3 Å². The number of morpholine rings is 1. The van der Waals surface area contributed by atoms with Crippen LogP contribution in [0.4, 0.5) is 17.8 Å². The van der Waals surface area contributed by atoms with E-state index in [4.69, 9.17) is 24.4 Å². The van der Waals surface area contributed by atoms with Crippen molar-refractivity contribution in [1.29, 1.82) is 0 Å². The third kappa shape index (κ3) is 34.0. The van der Waals surface area contributed by atoms with Crippen LogP contribution in [0.2, 0.25) is 0 Å². The Hall–Kier alpha value is -2.36. The first kappa shape index (κ1) is 64.8. The zero-order chi connectivity index (χ0) is 51.1. The van der Waals surface area contributed by atoms with Crippen LogP contribution in [-0.4, -0.2) is 145 Å². The summed E-state index contributed by atoms with van der Waals surface area (Å²) in [4.78, 5) is 33.7. The minimum atomic E-state index is -0.344. The second-order valence-corrected chi connectivity index (χ2v) is 20.8. The summed E-state index contributed by atoms with van der Waals surface area (Å²) >= 11 is 0. The molecule has 2 rings (SSSR count). The van der Waals surface area contributed by atoms with Crippen molar-refractivity contribution >= 4 is 23.8 Å². The van der Waals surface area contributed by atoms with Crippen LogP contribution in [0.5, 0.6) is 0 Å². The van der Waals surface area contributed by atoms with Gasteiger partial charge in [-0.1, -0.05) is 213 Å². The number of anilines is 3. The Morgan fingerprint density at radius 1 is 0.549 bits per heavy atom. The summed E-state index contributed by atoms with van der Waals surface area (Å²) in [5.41, 5.74) is -0.344. The smallest absolute Gasteiger partial charge is 0.234 e. The van der Waals surface area contributed by atoms with E-state index in [0.717, 1.165) is 58.2 Å². The van der Waals surface area contributed by atoms with Gasteiger partial charge >= 0.3 is 0 Å². The molecule has 5 N–H and O–H groups in total. The van der Waals surface area contributed by atoms with Crippen molar-refractivity contribution < 1.29 is 29.6 Å². The largest absolute Gasteiger partial charge is 0.395 e. The number of rotatable bonds is 52. The first-order chi connectivity index (χ1) is 34.9. The van der Waals surface area contributed by atoms with E-state index in [1.165, 1.54) is 180 Å². The van der Waals surface area contributed by atoms with Gasteiger partial charge in [0, 0.05) is 58.0 Å². The van der Waals surface area contributed by atoms with Gasteiger partial charge in [0.05, 0.1) is 46.2 Å². The Labute approximate surface area is 435 Å². The van der Waals surface area contributed by atoms with E-state index in [0.29, 0.717) is 63.9 Å². The van der Waals surface area contributed by atoms with E-state index in [1.807, 2.05) is 4.90 Å². The van der Waals surface area contributed by atoms with Crippen LogP contribution in [0.25, 0.3) is 0 Å². The van der Waals surface area contributed by atoms with Gasteiger partial charge < -0.3 is 45.2 Å². The summed E-state index contributed by atoms with van der Waals surface area (Å²) in [6.45, 7) is 12.6. The number of ether oxygens (including phenoxy) is 2. The van der Waals surface area contributed by atoms with Crippen LogP contribution >= 0.6 is 0 Å². The Kier molecular flexibility index (Phi) is 42.1. The molecule has 1 fully saturated rings. The topological polar surface area (TPSA) is 169 Å². The van der Waals surface area contributed by atoms with Gasteiger partial charge in [-0.15, -0.1) is 0 Å². The molecule has 1 saturated heterocycles. The highest BCUT2D eigenvalue weighted by atomic mass is 16.5. The second-order valence-electron chi connectivity index (χ2n) is 20.8. The molecule has 1 amide bonds. The van der Waals surface area contributed by atoms with Crippen molar-refractivity contribution in [3.05, 3.63) is 0 Å². The highest BCUT2D eigenvalue weighted by molar-refractivity contribution is 5.78. The number of nitrogens with one attached hydrogen (secondary N) is 2. The molecule has 14 nitrogen and oxygen atoms in total. The Morgan fingerprint density at radius 2 is 0.958 bits per heavy atom. The van der Waals surface area contributed by atoms with Crippen LogP contribution in [0.15, 0.2) is 0 Å². The average molecular weight is 1010 g/mol. The van der Waals surface area contributed by atoms with Crippen LogP contribution < -0.4 is 20.4 Å². The number of amides is 1. The van der Waals surface area contributed by atoms with E-state index in [2.05, 4.69) is 36.3 Å². The van der Waals surface area contributed by atoms with Crippen molar-refractivity contribution in [3.63, 3.8) is 0 Å². The molecule has 1 aromatic rings. The Morgan fingerprint density at radius 3 is 1.38 bits per heavy atom. The third-order valence-electron chi connectivity index (χ3n) is 14.6. The lowest BCUT2D eigenvalue weighted by atomic mass is 9.86. The van der Waals surface area contributed by atoms with Crippen molar-refractivity contribution in [3.8, 4) is 0 Å². The van der Waals surface area contributed by atoms with E-state index >= 15 is 0 Å². The lowest BCUT2D eigenvalue weighted by Gasteiger charge is -2.36. The van der Waals surface area contributed by atoms with E-state index < -0.39 is 0 Å². The lowest BCUT2D eigenvalue weighted by Crippen LogP contribution is -2.53. The molecule has 0 radical (unpaired) electrons. The van der Waals surface area contributed by atoms with Crippen molar-refractivity contribution in [2.75, 3.05) is 114 Å². The first-order valence-corrected chi connectivity index (χ1v) is 29.9. The Bertz CT molecular complexity index is 1340. The fraction of sp³-hybridized carbons (Fsp3) is 0.930. The molecule has 71 heavy (non-hydrogen) atoms. The molecule has 1 atom stereocenters. The highest BCUT2D eigenvalue weighted by Gasteiger charge is 2.30. The molecule has 2 heterocycles. The number of carbonyl (C=O) groups is 1. The summed E-state index contributed by atoms with van der Waals surface area (Å²) in [6, 6.07) is 0. The summed E-state index contributed by atoms with van der Waals surface area (Å²) in [6.07, 6.45) is 43.5. The molecule has 0 bridgehead atoms. The highest BCUT2D eigenvalue weighted by Crippen LogP contribution is 2.25. The summed E-state index contributed by atoms with van der Waals surface area (Å²) in [5.74, 6) is 1.30. The van der Waals surface area contributed by atoms with Gasteiger partial charge in [0.25, 0.3) is 0 Å². The molecule has 1 unspecified atom stereocenters. The lowest BCUT2D eigenvalue weighted by molar-refractivity contribution is -0.125. The predicted octanol–water partition coefficient (Wildman–Crippen LogP) is 11.4. The molecule has 1 aliphatic rings. The van der Waals surface area contributed by atoms with Gasteiger partial charge in [0.2, 0.25) is 23.8 Å². The van der Waals surface area contributed by atoms with Gasteiger partial charge in [0.15, 0.2) is 0 Å². The molecule has 0 saturated carbocycles. The van der Waals surface area contributed by atoms with Gasteiger partial charge in [-0.25, -0.2) is 0 Å². The standard InChI is InChI=1S/C57H112N8O6/c1-4-7-9-11-13-15-17-19-21-23-25-27-29-31-33-35-38-58-54-59-55(64(39-45-66)40-46-67)61-56(60-54)65(41-47-68)44-51-70-48-37-57(6-3,62-53(69)52-63-42-49-71-50-43-63)36-34-32-30-28-26-24-22-20-18-16-14-12-10-8-5-2/h66-68H,4-52H2,1-3H3,(H,62,69)(H,58,59,60,61). The molecule has 416 valence electrons. The number of unbranched alkanes of at least 4 members (excludes halogenated alkanes) is 29. The van der Waals surface area contributed by atoms with Crippen LogP contribution in [0.3, 0.4) is 0 Å². The fourth-order valence-corrected chi connectivity index (χ4v) is 9.94. The van der Waals surface area contributed by atoms with E-state index in [1.54, 1.807) is 4.90 Å².